The van der Waals surface area contributed by atoms with Gasteiger partial charge in [-0.2, -0.15) is 0 Å². The van der Waals surface area contributed by atoms with Crippen molar-refractivity contribution >= 4 is 23.2 Å². The van der Waals surface area contributed by atoms with Crippen molar-refractivity contribution in [3.63, 3.8) is 0 Å². The molecule has 4 aromatic carbocycles. The van der Waals surface area contributed by atoms with Crippen LogP contribution in [0.1, 0.15) is 5.56 Å². The van der Waals surface area contributed by atoms with Crippen LogP contribution < -0.4 is 15.9 Å². The van der Waals surface area contributed by atoms with Crippen molar-refractivity contribution < 1.29 is 12.4 Å². The maximum absolute atomic E-state index is 2.30. The van der Waals surface area contributed by atoms with Crippen molar-refractivity contribution in [3.8, 4) is 0 Å². The second kappa shape index (κ2) is 9.00. The molecule has 0 saturated carbocycles. The summed E-state index contributed by atoms with van der Waals surface area (Å²) in [6, 6.07) is 44.0. The first-order valence-electron chi connectivity index (χ1n) is 8.98. The lowest BCUT2D eigenvalue weighted by Gasteiger charge is -2.27. The lowest BCUT2D eigenvalue weighted by Crippen LogP contribution is -2.32. The average Bonchev–Trinajstić information content (AvgIpc) is 2.75. The van der Waals surface area contributed by atoms with Crippen LogP contribution in [0.3, 0.4) is 0 Å². The Morgan fingerprint density at radius 2 is 0.704 bits per heavy atom. The minimum atomic E-state index is -1.78. The highest BCUT2D eigenvalue weighted by atomic mass is 35.5. The van der Waals surface area contributed by atoms with E-state index in [0.717, 1.165) is 6.16 Å². The zero-order valence-electron chi connectivity index (χ0n) is 15.1. The molecule has 2 heteroatoms. The second-order valence-corrected chi connectivity index (χ2v) is 9.95. The molecule has 0 unspecified atom stereocenters. The van der Waals surface area contributed by atoms with E-state index >= 15 is 0 Å². The van der Waals surface area contributed by atoms with Crippen LogP contribution in [0.4, 0.5) is 0 Å². The predicted octanol–water partition coefficient (Wildman–Crippen LogP) is 4.65. The summed E-state index contributed by atoms with van der Waals surface area (Å²) in [5.41, 5.74) is 1.39. The Bertz CT molecular complexity index is 842. The summed E-state index contributed by atoms with van der Waals surface area (Å²) in [6.07, 6.45) is 1.03. The largest absolute Gasteiger partial charge is 0.116 e. The summed E-state index contributed by atoms with van der Waals surface area (Å²) in [4.78, 5) is 0. The quantitative estimate of drug-likeness (QED) is 0.435. The van der Waals surface area contributed by atoms with Gasteiger partial charge in [0, 0.05) is 0 Å². The first kappa shape index (κ1) is 19.4. The zero-order valence-corrected chi connectivity index (χ0v) is 16.9. The molecular weight excluding hydrogens is 367 g/mol. The van der Waals surface area contributed by atoms with Crippen LogP contribution in [0.15, 0.2) is 121 Å². The third kappa shape index (κ3) is 3.98. The number of benzene rings is 4. The molecule has 0 atom stereocenters. The normalized spacial score (nSPS) is 10.8. The predicted molar refractivity (Wildman–Crippen MR) is 118 cm³/mol. The van der Waals surface area contributed by atoms with E-state index in [2.05, 4.69) is 121 Å². The van der Waals surface area contributed by atoms with Gasteiger partial charge in [0.15, 0.2) is 0 Å². The fraction of sp³-hybridized carbons (Fsp3) is 0.0400. The van der Waals surface area contributed by atoms with Gasteiger partial charge >= 0.3 is 0 Å². The smallest absolute Gasteiger partial charge is 0.0622 e. The van der Waals surface area contributed by atoms with Gasteiger partial charge < -0.3 is 0 Å². The maximum Gasteiger partial charge on any atom is 0.116 e. The van der Waals surface area contributed by atoms with E-state index in [9.17, 15) is 0 Å². The van der Waals surface area contributed by atoms with Crippen LogP contribution in [0.25, 0.3) is 0 Å². The third-order valence-electron chi connectivity index (χ3n) is 4.85. The molecular formula is C25H24ClP+2. The fourth-order valence-electron chi connectivity index (χ4n) is 3.63. The molecule has 4 aromatic rings. The summed E-state index contributed by atoms with van der Waals surface area (Å²) < 4.78 is 0. The van der Waals surface area contributed by atoms with Gasteiger partial charge in [-0.15, -0.1) is 0 Å². The SMILES string of the molecule is [ClH2+].c1ccc(C[P+](c2ccccc2)(c2ccccc2)c2ccccc2)cc1. The standard InChI is InChI=1S/C25H22P.ClH2/c1-5-13-22(14-6-1)21-26(23-15-7-2-8-16-23,24-17-9-3-10-18-24)25-19-11-4-12-20-25;/h1-20H,21H2;1H2/q2*+1. The van der Waals surface area contributed by atoms with E-state index in [1.807, 2.05) is 0 Å². The van der Waals surface area contributed by atoms with Gasteiger partial charge in [-0.3, -0.25) is 0 Å². The summed E-state index contributed by atoms with van der Waals surface area (Å²) in [5.74, 6) is 0. The molecule has 134 valence electrons. The van der Waals surface area contributed by atoms with Gasteiger partial charge in [0.05, 0.1) is 18.6 Å². The highest BCUT2D eigenvalue weighted by Gasteiger charge is 2.45. The average molecular weight is 391 g/mol. The van der Waals surface area contributed by atoms with Crippen molar-refractivity contribution in [2.75, 3.05) is 0 Å². The van der Waals surface area contributed by atoms with E-state index in [1.165, 1.54) is 21.5 Å². The fourth-order valence-corrected chi connectivity index (χ4v) is 7.87. The summed E-state index contributed by atoms with van der Waals surface area (Å²) >= 11 is 0. The third-order valence-corrected chi connectivity index (χ3v) is 9.23. The maximum atomic E-state index is 2.30. The van der Waals surface area contributed by atoms with Crippen LogP contribution in [-0.4, -0.2) is 0 Å². The van der Waals surface area contributed by atoms with Crippen LogP contribution >= 0.6 is 7.26 Å². The molecule has 0 radical (unpaired) electrons. The van der Waals surface area contributed by atoms with Crippen LogP contribution in [-0.2, 0) is 6.16 Å². The van der Waals surface area contributed by atoms with Crippen molar-refractivity contribution in [1.29, 1.82) is 0 Å². The minimum absolute atomic E-state index is 0. The van der Waals surface area contributed by atoms with Crippen LogP contribution in [0.2, 0.25) is 0 Å². The van der Waals surface area contributed by atoms with Gasteiger partial charge in [-0.1, -0.05) is 84.9 Å². The topological polar surface area (TPSA) is 0 Å². The molecule has 4 rings (SSSR count). The molecule has 0 aliphatic heterocycles. The van der Waals surface area contributed by atoms with Crippen molar-refractivity contribution in [1.82, 2.24) is 0 Å². The summed E-state index contributed by atoms with van der Waals surface area (Å²) in [6.45, 7) is 0. The number of hydrogen-bond acceptors (Lipinski definition) is 0. The first-order chi connectivity index (χ1) is 12.9. The number of rotatable bonds is 5. The van der Waals surface area contributed by atoms with Gasteiger partial charge in [-0.25, -0.2) is 0 Å². The van der Waals surface area contributed by atoms with E-state index in [-0.39, 0.29) is 12.4 Å². The van der Waals surface area contributed by atoms with Crippen molar-refractivity contribution in [2.45, 2.75) is 6.16 Å². The van der Waals surface area contributed by atoms with E-state index in [0.29, 0.717) is 0 Å². The molecule has 0 saturated heterocycles. The van der Waals surface area contributed by atoms with E-state index < -0.39 is 7.26 Å². The van der Waals surface area contributed by atoms with Crippen LogP contribution in [0, 0.1) is 12.4 Å². The Balaban J connectivity index is 0.00000210. The number of halogens is 1. The van der Waals surface area contributed by atoms with Gasteiger partial charge in [0.1, 0.15) is 23.2 Å². The van der Waals surface area contributed by atoms with Gasteiger partial charge in [-0.05, 0) is 42.0 Å². The highest BCUT2D eigenvalue weighted by molar-refractivity contribution is 7.95. The van der Waals surface area contributed by atoms with Gasteiger partial charge in [0.2, 0.25) is 0 Å². The van der Waals surface area contributed by atoms with E-state index in [1.54, 1.807) is 0 Å². The lowest BCUT2D eigenvalue weighted by atomic mass is 10.2. The Kier molecular flexibility index (Phi) is 6.45. The van der Waals surface area contributed by atoms with Crippen LogP contribution in [0.5, 0.6) is 0 Å². The molecule has 0 aliphatic carbocycles. The molecule has 0 heterocycles. The Morgan fingerprint density at radius 3 is 1.04 bits per heavy atom. The summed E-state index contributed by atoms with van der Waals surface area (Å²) in [5, 5.41) is 4.30. The molecule has 0 nitrogen and oxygen atoms in total. The number of hydrogen-bond donors (Lipinski definition) is 0. The van der Waals surface area contributed by atoms with Crippen molar-refractivity contribution in [3.05, 3.63) is 127 Å². The van der Waals surface area contributed by atoms with Gasteiger partial charge in [0.25, 0.3) is 0 Å². The van der Waals surface area contributed by atoms with Crippen molar-refractivity contribution in [2.24, 2.45) is 0 Å². The molecule has 0 N–H and O–H groups in total. The highest BCUT2D eigenvalue weighted by Crippen LogP contribution is 2.58. The molecule has 0 aromatic heterocycles. The molecule has 27 heavy (non-hydrogen) atoms. The Labute approximate surface area is 168 Å². The lowest BCUT2D eigenvalue weighted by molar-refractivity contribution is -0.00000503. The molecule has 0 fully saturated rings. The zero-order chi connectivity index (χ0) is 17.7. The molecule has 0 bridgehead atoms. The minimum Gasteiger partial charge on any atom is -0.0622 e. The molecule has 0 spiro atoms. The Hall–Kier alpha value is -2.40. The molecule has 0 aliphatic rings. The molecule has 0 amide bonds. The monoisotopic (exact) mass is 390 g/mol. The second-order valence-electron chi connectivity index (χ2n) is 6.46. The Morgan fingerprint density at radius 1 is 0.407 bits per heavy atom. The summed E-state index contributed by atoms with van der Waals surface area (Å²) in [7, 11) is -1.78. The first-order valence-corrected chi connectivity index (χ1v) is 11.0. The van der Waals surface area contributed by atoms with E-state index in [4.69, 9.17) is 0 Å².